The number of hydrogen-bond donors (Lipinski definition) is 0. The van der Waals surface area contributed by atoms with E-state index in [-0.39, 0.29) is 0 Å². The Kier molecular flexibility index (Phi) is 5.77. The molecule has 0 aromatic rings. The van der Waals surface area contributed by atoms with Gasteiger partial charge >= 0.3 is 0 Å². The molecule has 0 N–H and O–H groups in total. The van der Waals surface area contributed by atoms with Crippen molar-refractivity contribution < 1.29 is 0 Å². The Labute approximate surface area is 86.0 Å². The Morgan fingerprint density at radius 1 is 0.667 bits per heavy atom. The quantitative estimate of drug-likeness (QED) is 0.343. The van der Waals surface area contributed by atoms with Crippen molar-refractivity contribution in [3.05, 3.63) is 0 Å². The van der Waals surface area contributed by atoms with E-state index in [0.29, 0.717) is 0 Å². The molecular formula is CHB11. The molecule has 14 radical (unpaired) electrons. The Morgan fingerprint density at radius 3 is 1.08 bits per heavy atom. The highest BCUT2D eigenvalue weighted by Gasteiger charge is 2.27. The molecule has 0 bridgehead atoms. The molecule has 12 heavy (non-hydrogen) atoms. The van der Waals surface area contributed by atoms with Gasteiger partial charge in [0.05, 0.1) is 0 Å². The van der Waals surface area contributed by atoms with E-state index < -0.39 is 31.5 Å². The summed E-state index contributed by atoms with van der Waals surface area (Å²) in [5.74, 6) is 0. The van der Waals surface area contributed by atoms with Crippen molar-refractivity contribution in [3.8, 4) is 0 Å². The second-order valence-corrected chi connectivity index (χ2v) is 2.89. The zero-order chi connectivity index (χ0) is 9.89. The van der Waals surface area contributed by atoms with E-state index in [2.05, 4.69) is 0 Å². The largest absolute Gasteiger partial charge is 0.146 e. The average molecular weight is 132 g/mol. The molecule has 0 saturated heterocycles. The van der Waals surface area contributed by atoms with E-state index in [1.165, 1.54) is 0 Å². The van der Waals surface area contributed by atoms with Gasteiger partial charge in [-0.2, -0.15) is 0 Å². The molecule has 0 fully saturated rings. The minimum absolute atomic E-state index is 0.481. The summed E-state index contributed by atoms with van der Waals surface area (Å²) in [4.78, 5) is 0. The smallest absolute Gasteiger partial charge is 0.0295 e. The second kappa shape index (κ2) is 5.45. The Balaban J connectivity index is 4.30. The molecule has 0 spiro atoms. The molecule has 0 atom stereocenters. The third-order valence-electron chi connectivity index (χ3n) is 1.78. The highest BCUT2D eigenvalue weighted by atomic mass is 13.5. The first-order valence-electron chi connectivity index (χ1n) is 3.67. The molecule has 0 aromatic heterocycles. The van der Waals surface area contributed by atoms with Crippen LogP contribution in [-0.4, -0.2) is 80.0 Å². The van der Waals surface area contributed by atoms with Gasteiger partial charge in [-0.25, -0.2) is 0 Å². The maximum absolute atomic E-state index is 5.59. The monoisotopic (exact) mass is 134 g/mol. The van der Waals surface area contributed by atoms with Crippen LogP contribution in [0.15, 0.2) is 0 Å². The van der Waals surface area contributed by atoms with Crippen molar-refractivity contribution in [2.75, 3.05) is 0 Å². The molecule has 0 saturated carbocycles. The minimum atomic E-state index is -0.723. The molecular weight excluding hydrogens is 131 g/mol. The van der Waals surface area contributed by atoms with Gasteiger partial charge in [0.25, 0.3) is 0 Å². The SMILES string of the molecule is [B]B([B])B([B])C(B([B])[B])B([B])[B]. The van der Waals surface area contributed by atoms with Gasteiger partial charge in [-0.15, -0.1) is 5.62 Å². The zero-order valence-electron chi connectivity index (χ0n) is 6.93. The fourth-order valence-corrected chi connectivity index (χ4v) is 1.03. The van der Waals surface area contributed by atoms with Gasteiger partial charge in [0.15, 0.2) is 0 Å². The lowest BCUT2D eigenvalue weighted by molar-refractivity contribution is 1.82. The summed E-state index contributed by atoms with van der Waals surface area (Å²) < 4.78 is 0. The summed E-state index contributed by atoms with van der Waals surface area (Å²) in [6.45, 7) is -2.02. The van der Waals surface area contributed by atoms with E-state index in [1.807, 2.05) is 0 Å². The summed E-state index contributed by atoms with van der Waals surface area (Å²) in [5.41, 5.74) is -0.481. The molecule has 38 valence electrons. The Morgan fingerprint density at radius 2 is 1.00 bits per heavy atom. The van der Waals surface area contributed by atoms with Crippen LogP contribution in [0.25, 0.3) is 0 Å². The minimum Gasteiger partial charge on any atom is -0.146 e. The Hall–Kier alpha value is 0.714. The first-order valence-corrected chi connectivity index (χ1v) is 3.67. The predicted octanol–water partition coefficient (Wildman–Crippen LogP) is -3.85. The lowest BCUT2D eigenvalue weighted by Gasteiger charge is -2.31. The van der Waals surface area contributed by atoms with Gasteiger partial charge in [0, 0.05) is 80.0 Å². The molecule has 0 aliphatic heterocycles. The molecule has 0 heterocycles. The zero-order valence-corrected chi connectivity index (χ0v) is 6.93. The van der Waals surface area contributed by atoms with Crippen LogP contribution in [0, 0.1) is 0 Å². The predicted molar refractivity (Wildman–Crippen MR) is 67.0 cm³/mol. The highest BCUT2D eigenvalue weighted by Crippen LogP contribution is 2.10. The van der Waals surface area contributed by atoms with Crippen molar-refractivity contribution in [1.82, 2.24) is 0 Å². The molecule has 0 aromatic carbocycles. The van der Waals surface area contributed by atoms with Gasteiger partial charge in [0.2, 0.25) is 0 Å². The van der Waals surface area contributed by atoms with Gasteiger partial charge in [-0.05, 0) is 0 Å². The topological polar surface area (TPSA) is 0 Å². The molecule has 11 heteroatoms. The summed E-state index contributed by atoms with van der Waals surface area (Å²) in [6, 6.07) is 0. The lowest BCUT2D eigenvalue weighted by atomic mass is 8.74. The van der Waals surface area contributed by atoms with Crippen LogP contribution in [0.1, 0.15) is 0 Å². The molecule has 0 amide bonds. The second-order valence-electron chi connectivity index (χ2n) is 2.89. The summed E-state index contributed by atoms with van der Waals surface area (Å²) in [6.07, 6.45) is -0.723. The van der Waals surface area contributed by atoms with Crippen LogP contribution in [0.5, 0.6) is 0 Å². The van der Waals surface area contributed by atoms with Crippen molar-refractivity contribution >= 4 is 80.0 Å². The third-order valence-corrected chi connectivity index (χ3v) is 1.78. The first kappa shape index (κ1) is 12.7. The van der Waals surface area contributed by atoms with E-state index in [1.54, 1.807) is 0 Å². The Bertz CT molecular complexity index is 108. The van der Waals surface area contributed by atoms with Crippen LogP contribution in [0.2, 0.25) is 5.62 Å². The van der Waals surface area contributed by atoms with Crippen molar-refractivity contribution in [1.29, 1.82) is 0 Å². The number of hydrogen-bond acceptors (Lipinski definition) is 0. The molecule has 0 unspecified atom stereocenters. The van der Waals surface area contributed by atoms with Crippen molar-refractivity contribution in [3.63, 3.8) is 0 Å². The van der Waals surface area contributed by atoms with Crippen LogP contribution >= 0.6 is 0 Å². The van der Waals surface area contributed by atoms with Crippen LogP contribution in [0.4, 0.5) is 0 Å². The van der Waals surface area contributed by atoms with E-state index in [9.17, 15) is 0 Å². The normalized spacial score (nSPS) is 9.42. The van der Waals surface area contributed by atoms with E-state index >= 15 is 0 Å². The summed E-state index contributed by atoms with van der Waals surface area (Å²) >= 11 is 0. The van der Waals surface area contributed by atoms with Gasteiger partial charge in [0.1, 0.15) is 0 Å². The lowest BCUT2D eigenvalue weighted by Crippen LogP contribution is -2.54. The maximum atomic E-state index is 5.59. The average Bonchev–Trinajstić information content (AvgIpc) is 1.85. The van der Waals surface area contributed by atoms with E-state index in [4.69, 9.17) is 54.2 Å². The highest BCUT2D eigenvalue weighted by molar-refractivity contribution is 7.71. The third kappa shape index (κ3) is 3.62. The van der Waals surface area contributed by atoms with Gasteiger partial charge < -0.3 is 0 Å². The fraction of sp³-hybridized carbons (Fsp3) is 1.00. The van der Waals surface area contributed by atoms with Gasteiger partial charge in [-0.1, -0.05) is 0 Å². The summed E-state index contributed by atoms with van der Waals surface area (Å²) in [5, 5.41) is 0. The standard InChI is InChI=1S/CHB11/c2-9(3)1(10(4)5)11(6)12(7)8/h1H. The molecule has 0 nitrogen and oxygen atoms in total. The molecule has 0 rings (SSSR count). The van der Waals surface area contributed by atoms with Crippen LogP contribution < -0.4 is 0 Å². The van der Waals surface area contributed by atoms with Gasteiger partial charge in [-0.3, -0.25) is 0 Å². The maximum Gasteiger partial charge on any atom is 0.0295 e. The van der Waals surface area contributed by atoms with Crippen LogP contribution in [-0.2, 0) is 0 Å². The molecule has 0 aliphatic rings. The number of rotatable bonds is 4. The fourth-order valence-electron chi connectivity index (χ4n) is 1.03. The van der Waals surface area contributed by atoms with Crippen LogP contribution in [0.3, 0.4) is 0 Å². The van der Waals surface area contributed by atoms with Crippen molar-refractivity contribution in [2.45, 2.75) is 5.62 Å². The summed E-state index contributed by atoms with van der Waals surface area (Å²) in [7, 11) is 37.9. The van der Waals surface area contributed by atoms with E-state index in [0.717, 1.165) is 0 Å². The van der Waals surface area contributed by atoms with Crippen molar-refractivity contribution in [2.24, 2.45) is 0 Å². The first-order chi connectivity index (χ1) is 5.37. The molecule has 0 aliphatic carbocycles.